The highest BCUT2D eigenvalue weighted by molar-refractivity contribution is 7.80. The van der Waals surface area contributed by atoms with Crippen molar-refractivity contribution >= 4 is 33.9 Å². The highest BCUT2D eigenvalue weighted by Gasteiger charge is 2.11. The number of nitrogens with two attached hydrogens (primary N) is 1. The van der Waals surface area contributed by atoms with Crippen LogP contribution in [0.25, 0.3) is 22.2 Å². The highest BCUT2D eigenvalue weighted by atomic mass is 32.1. The predicted octanol–water partition coefficient (Wildman–Crippen LogP) is 2.89. The molecule has 0 saturated heterocycles. The molecular weight excluding hydrogens is 256 g/mol. The normalized spacial score (nSPS) is 10.5. The summed E-state index contributed by atoms with van der Waals surface area (Å²) in [6.07, 6.45) is 0. The van der Waals surface area contributed by atoms with E-state index in [4.69, 9.17) is 18.0 Å². The SMILES string of the molecule is NC(=S)Nc1ccccc1-c1n[nH]c2ccccc12. The molecule has 0 aliphatic heterocycles. The van der Waals surface area contributed by atoms with E-state index in [2.05, 4.69) is 15.5 Å². The van der Waals surface area contributed by atoms with Crippen molar-refractivity contribution in [3.8, 4) is 11.3 Å². The number of nitrogens with zero attached hydrogens (tertiary/aromatic N) is 1. The minimum Gasteiger partial charge on any atom is -0.376 e. The van der Waals surface area contributed by atoms with Crippen molar-refractivity contribution < 1.29 is 0 Å². The molecule has 3 aromatic rings. The molecule has 2 aromatic carbocycles. The van der Waals surface area contributed by atoms with Gasteiger partial charge in [0.15, 0.2) is 5.11 Å². The fraction of sp³-hybridized carbons (Fsp3) is 0. The van der Waals surface area contributed by atoms with Gasteiger partial charge >= 0.3 is 0 Å². The number of nitrogens with one attached hydrogen (secondary N) is 2. The summed E-state index contributed by atoms with van der Waals surface area (Å²) in [6.45, 7) is 0. The van der Waals surface area contributed by atoms with Crippen molar-refractivity contribution in [1.29, 1.82) is 0 Å². The molecule has 0 atom stereocenters. The van der Waals surface area contributed by atoms with Crippen molar-refractivity contribution in [3.05, 3.63) is 48.5 Å². The molecule has 1 aromatic heterocycles. The molecule has 0 fully saturated rings. The average molecular weight is 268 g/mol. The smallest absolute Gasteiger partial charge is 0.168 e. The summed E-state index contributed by atoms with van der Waals surface area (Å²) < 4.78 is 0. The Balaban J connectivity index is 2.19. The maximum Gasteiger partial charge on any atom is 0.168 e. The molecule has 0 aliphatic rings. The second-order valence-corrected chi connectivity index (χ2v) is 4.59. The summed E-state index contributed by atoms with van der Waals surface area (Å²) in [5.41, 5.74) is 9.26. The van der Waals surface area contributed by atoms with Crippen LogP contribution in [0.5, 0.6) is 0 Å². The lowest BCUT2D eigenvalue weighted by atomic mass is 10.1. The molecule has 4 nitrogen and oxygen atoms in total. The van der Waals surface area contributed by atoms with Crippen LogP contribution in [0.15, 0.2) is 48.5 Å². The molecule has 0 spiro atoms. The minimum absolute atomic E-state index is 0.243. The summed E-state index contributed by atoms with van der Waals surface area (Å²) in [6, 6.07) is 15.8. The zero-order chi connectivity index (χ0) is 13.2. The first kappa shape index (κ1) is 11.7. The Labute approximate surface area is 115 Å². The molecule has 0 bridgehead atoms. The maximum absolute atomic E-state index is 5.55. The van der Waals surface area contributed by atoms with Crippen LogP contribution in [-0.2, 0) is 0 Å². The summed E-state index contributed by atoms with van der Waals surface area (Å²) in [5, 5.41) is 11.7. The van der Waals surface area contributed by atoms with Gasteiger partial charge in [-0.1, -0.05) is 36.4 Å². The van der Waals surface area contributed by atoms with Crippen molar-refractivity contribution in [1.82, 2.24) is 10.2 Å². The number of para-hydroxylation sites is 2. The van der Waals surface area contributed by atoms with E-state index in [1.54, 1.807) is 0 Å². The molecule has 0 radical (unpaired) electrons. The van der Waals surface area contributed by atoms with Crippen molar-refractivity contribution in [3.63, 3.8) is 0 Å². The van der Waals surface area contributed by atoms with Gasteiger partial charge in [-0.25, -0.2) is 0 Å². The van der Waals surface area contributed by atoms with Gasteiger partial charge in [-0.15, -0.1) is 0 Å². The predicted molar refractivity (Wildman–Crippen MR) is 81.9 cm³/mol. The van der Waals surface area contributed by atoms with Crippen molar-refractivity contribution in [2.45, 2.75) is 0 Å². The Morgan fingerprint density at radius 3 is 2.68 bits per heavy atom. The molecule has 4 N–H and O–H groups in total. The van der Waals surface area contributed by atoms with E-state index < -0.39 is 0 Å². The minimum atomic E-state index is 0.243. The summed E-state index contributed by atoms with van der Waals surface area (Å²) in [7, 11) is 0. The zero-order valence-electron chi connectivity index (χ0n) is 10.1. The van der Waals surface area contributed by atoms with Gasteiger partial charge in [-0.3, -0.25) is 5.10 Å². The Kier molecular flexibility index (Phi) is 2.89. The number of fused-ring (bicyclic) bond motifs is 1. The van der Waals surface area contributed by atoms with Gasteiger partial charge < -0.3 is 11.1 Å². The topological polar surface area (TPSA) is 66.7 Å². The fourth-order valence-corrected chi connectivity index (χ4v) is 2.21. The molecule has 19 heavy (non-hydrogen) atoms. The van der Waals surface area contributed by atoms with Crippen LogP contribution in [0.4, 0.5) is 5.69 Å². The van der Waals surface area contributed by atoms with Crippen molar-refractivity contribution in [2.24, 2.45) is 5.73 Å². The number of hydrogen-bond donors (Lipinski definition) is 3. The largest absolute Gasteiger partial charge is 0.376 e. The number of rotatable bonds is 2. The van der Waals surface area contributed by atoms with E-state index in [1.807, 2.05) is 48.5 Å². The number of thiocarbonyl (C=S) groups is 1. The lowest BCUT2D eigenvalue weighted by molar-refractivity contribution is 1.12. The van der Waals surface area contributed by atoms with Gasteiger partial charge in [0.05, 0.1) is 5.52 Å². The van der Waals surface area contributed by atoms with E-state index >= 15 is 0 Å². The number of H-pyrrole nitrogens is 1. The molecule has 3 rings (SSSR count). The number of aromatic nitrogens is 2. The lowest BCUT2D eigenvalue weighted by Crippen LogP contribution is -2.19. The molecule has 1 heterocycles. The quantitative estimate of drug-likeness (QED) is 0.625. The first-order valence-corrected chi connectivity index (χ1v) is 6.25. The van der Waals surface area contributed by atoms with E-state index in [0.717, 1.165) is 27.8 Å². The molecular formula is C14H12N4S. The van der Waals surface area contributed by atoms with Gasteiger partial charge in [0.25, 0.3) is 0 Å². The molecule has 0 unspecified atom stereocenters. The Hall–Kier alpha value is -2.40. The van der Waals surface area contributed by atoms with Crippen LogP contribution < -0.4 is 11.1 Å². The van der Waals surface area contributed by atoms with Gasteiger partial charge in [0.1, 0.15) is 5.69 Å². The van der Waals surface area contributed by atoms with E-state index in [9.17, 15) is 0 Å². The molecule has 94 valence electrons. The molecule has 0 amide bonds. The summed E-state index contributed by atoms with van der Waals surface area (Å²) in [5.74, 6) is 0. The monoisotopic (exact) mass is 268 g/mol. The van der Waals surface area contributed by atoms with Gasteiger partial charge in [0.2, 0.25) is 0 Å². The third-order valence-corrected chi connectivity index (χ3v) is 3.01. The van der Waals surface area contributed by atoms with Crippen LogP contribution in [-0.4, -0.2) is 15.3 Å². The van der Waals surface area contributed by atoms with Crippen LogP contribution in [0, 0.1) is 0 Å². The van der Waals surface area contributed by atoms with Gasteiger partial charge in [0, 0.05) is 16.6 Å². The first-order chi connectivity index (χ1) is 9.25. The Morgan fingerprint density at radius 2 is 1.84 bits per heavy atom. The van der Waals surface area contributed by atoms with Crippen LogP contribution in [0.1, 0.15) is 0 Å². The lowest BCUT2D eigenvalue weighted by Gasteiger charge is -2.08. The fourth-order valence-electron chi connectivity index (χ4n) is 2.10. The molecule has 0 aliphatic carbocycles. The van der Waals surface area contributed by atoms with Gasteiger partial charge in [-0.05, 0) is 24.4 Å². The molecule has 0 saturated carbocycles. The van der Waals surface area contributed by atoms with Crippen molar-refractivity contribution in [2.75, 3.05) is 5.32 Å². The first-order valence-electron chi connectivity index (χ1n) is 5.84. The number of anilines is 1. The highest BCUT2D eigenvalue weighted by Crippen LogP contribution is 2.31. The standard InChI is InChI=1S/C14H12N4S/c15-14(19)16-11-7-3-1-5-9(11)13-10-6-2-4-8-12(10)17-18-13/h1-8H,(H,17,18)(H3,15,16,19). The third-order valence-electron chi connectivity index (χ3n) is 2.91. The van der Waals surface area contributed by atoms with E-state index in [-0.39, 0.29) is 5.11 Å². The summed E-state index contributed by atoms with van der Waals surface area (Å²) in [4.78, 5) is 0. The Morgan fingerprint density at radius 1 is 1.11 bits per heavy atom. The van der Waals surface area contributed by atoms with Crippen LogP contribution in [0.2, 0.25) is 0 Å². The average Bonchev–Trinajstić information content (AvgIpc) is 2.82. The third kappa shape index (κ3) is 2.15. The second-order valence-electron chi connectivity index (χ2n) is 4.15. The van der Waals surface area contributed by atoms with Gasteiger partial charge in [-0.2, -0.15) is 5.10 Å². The second kappa shape index (κ2) is 4.70. The number of hydrogen-bond acceptors (Lipinski definition) is 2. The zero-order valence-corrected chi connectivity index (χ0v) is 10.9. The van der Waals surface area contributed by atoms with Crippen LogP contribution >= 0.6 is 12.2 Å². The number of benzene rings is 2. The number of aromatic amines is 1. The van der Waals surface area contributed by atoms with E-state index in [1.165, 1.54) is 0 Å². The maximum atomic E-state index is 5.55. The summed E-state index contributed by atoms with van der Waals surface area (Å²) >= 11 is 4.90. The van der Waals surface area contributed by atoms with Crippen LogP contribution in [0.3, 0.4) is 0 Å². The van der Waals surface area contributed by atoms with E-state index in [0.29, 0.717) is 0 Å². The molecule has 5 heteroatoms. The Bertz CT molecular complexity index is 748.